The van der Waals surface area contributed by atoms with Gasteiger partial charge in [-0.15, -0.1) is 0 Å². The van der Waals surface area contributed by atoms with E-state index in [2.05, 4.69) is 6.07 Å². The van der Waals surface area contributed by atoms with E-state index in [1.54, 1.807) is 24.3 Å². The molecule has 274 valence electrons. The molecular weight excluding hydrogens is 713 g/mol. The maximum Gasteiger partial charge on any atom is 0.143 e. The first-order valence-electron chi connectivity index (χ1n) is 26.6. The SMILES string of the molecule is [2H]c1c([2H])c([2H])c(-c2c3ccccc3c(-c3ccc4c(-c5cc(-c6c([2H])c([2H])c([2H])c([2H])c6[2H])c6c(c5)oc5c(-c7c([2H])c([2H])c([2H])c([2H])c7[2H])cccc56)cc5ccccc5c4c3)c3ccccc23)c([2H])c1[2H]. The fraction of sp³-hybridized carbons (Fsp3) is 0. The van der Waals surface area contributed by atoms with E-state index in [1.165, 1.54) is 0 Å². The zero-order chi connectivity index (χ0) is 51.9. The Morgan fingerprint density at radius 1 is 0.322 bits per heavy atom. The van der Waals surface area contributed by atoms with Gasteiger partial charge >= 0.3 is 0 Å². The largest absolute Gasteiger partial charge is 0.455 e. The van der Waals surface area contributed by atoms with Gasteiger partial charge in [0.25, 0.3) is 0 Å². The molecular formula is C58H36O. The molecule has 59 heavy (non-hydrogen) atoms. The third-order valence-electron chi connectivity index (χ3n) is 11.3. The molecule has 0 unspecified atom stereocenters. The molecule has 0 amide bonds. The van der Waals surface area contributed by atoms with E-state index in [4.69, 9.17) is 22.2 Å². The van der Waals surface area contributed by atoms with Gasteiger partial charge in [-0.3, -0.25) is 0 Å². The summed E-state index contributed by atoms with van der Waals surface area (Å²) < 4.78 is 137. The van der Waals surface area contributed by atoms with Crippen molar-refractivity contribution in [3.05, 3.63) is 218 Å². The number of rotatable bonds is 5. The Morgan fingerprint density at radius 3 is 1.51 bits per heavy atom. The molecule has 0 fully saturated rings. The van der Waals surface area contributed by atoms with Crippen molar-refractivity contribution >= 4 is 65.0 Å². The van der Waals surface area contributed by atoms with Crippen LogP contribution in [-0.4, -0.2) is 0 Å². The lowest BCUT2D eigenvalue weighted by atomic mass is 9.84. The van der Waals surface area contributed by atoms with Gasteiger partial charge in [-0.1, -0.05) is 194 Å². The van der Waals surface area contributed by atoms with Crippen LogP contribution in [0.25, 0.3) is 121 Å². The van der Waals surface area contributed by atoms with Crippen LogP contribution in [-0.2, 0) is 0 Å². The summed E-state index contributed by atoms with van der Waals surface area (Å²) in [7, 11) is 0. The molecule has 0 spiro atoms. The van der Waals surface area contributed by atoms with Gasteiger partial charge < -0.3 is 4.42 Å². The molecule has 12 rings (SSSR count). The van der Waals surface area contributed by atoms with Gasteiger partial charge in [0.05, 0.1) is 20.6 Å². The van der Waals surface area contributed by atoms with Gasteiger partial charge in [0.1, 0.15) is 11.2 Å². The highest BCUT2D eigenvalue weighted by Crippen LogP contribution is 2.47. The highest BCUT2D eigenvalue weighted by molar-refractivity contribution is 6.23. The molecule has 0 atom stereocenters. The normalized spacial score (nSPS) is 15.3. The minimum absolute atomic E-state index is 0.0723. The molecule has 0 aliphatic carbocycles. The molecule has 0 saturated heterocycles. The molecule has 1 nitrogen and oxygen atoms in total. The standard InChI is InChI=1S/C58H36O/c1-4-17-37(18-5-1)44-29-16-30-50-57-52(38-19-6-2-7-20-38)35-42(36-54(57)59-58(44)50)51-33-40-23-10-11-24-43(40)53-34-41(31-32-45(51)53)56-48-27-14-12-25-46(48)55(39-21-8-3-9-22-39)47-26-13-15-28-49(47)56/h1-36H/i1D,2D,3D,4D,5D,6D,7D,8D,9D,17D,18D,19D,20D,21D,22D. The van der Waals surface area contributed by atoms with Crippen molar-refractivity contribution in [2.45, 2.75) is 0 Å². The summed E-state index contributed by atoms with van der Waals surface area (Å²) in [5.41, 5.74) is 4.41. The number of fused-ring (bicyclic) bond motifs is 8. The third-order valence-corrected chi connectivity index (χ3v) is 11.3. The topological polar surface area (TPSA) is 13.1 Å². The van der Waals surface area contributed by atoms with Gasteiger partial charge in [-0.25, -0.2) is 0 Å². The van der Waals surface area contributed by atoms with Crippen molar-refractivity contribution in [1.82, 2.24) is 0 Å². The summed E-state index contributed by atoms with van der Waals surface area (Å²) in [5.74, 6) is 0. The van der Waals surface area contributed by atoms with Gasteiger partial charge in [-0.05, 0) is 117 Å². The van der Waals surface area contributed by atoms with E-state index >= 15 is 0 Å². The first-order valence-corrected chi connectivity index (χ1v) is 19.1. The van der Waals surface area contributed by atoms with Crippen LogP contribution in [0.4, 0.5) is 0 Å². The summed E-state index contributed by atoms with van der Waals surface area (Å²) in [6, 6.07) is 33.2. The van der Waals surface area contributed by atoms with Crippen molar-refractivity contribution in [1.29, 1.82) is 0 Å². The van der Waals surface area contributed by atoms with Crippen LogP contribution in [0.2, 0.25) is 0 Å². The summed E-state index contributed by atoms with van der Waals surface area (Å²) in [4.78, 5) is 0. The minimum atomic E-state index is -0.558. The minimum Gasteiger partial charge on any atom is -0.455 e. The van der Waals surface area contributed by atoms with E-state index in [0.717, 1.165) is 49.0 Å². The van der Waals surface area contributed by atoms with E-state index in [0.29, 0.717) is 32.7 Å². The highest BCUT2D eigenvalue weighted by Gasteiger charge is 2.21. The maximum atomic E-state index is 9.20. The van der Waals surface area contributed by atoms with Crippen LogP contribution in [0, 0.1) is 0 Å². The number of benzene rings is 11. The zero-order valence-electron chi connectivity index (χ0n) is 46.0. The molecule has 0 bridgehead atoms. The van der Waals surface area contributed by atoms with Gasteiger partial charge in [0.2, 0.25) is 0 Å². The fourth-order valence-electron chi connectivity index (χ4n) is 8.83. The number of furan rings is 1. The molecule has 11 aromatic carbocycles. The zero-order valence-corrected chi connectivity index (χ0v) is 31.0. The van der Waals surface area contributed by atoms with E-state index < -0.39 is 78.6 Å². The first-order chi connectivity index (χ1) is 35.5. The van der Waals surface area contributed by atoms with Gasteiger partial charge in [0, 0.05) is 16.3 Å². The van der Waals surface area contributed by atoms with E-state index in [1.807, 2.05) is 97.1 Å². The molecule has 0 saturated carbocycles. The Morgan fingerprint density at radius 2 is 0.864 bits per heavy atom. The van der Waals surface area contributed by atoms with Crippen molar-refractivity contribution in [3.8, 4) is 55.6 Å². The molecule has 1 heteroatoms. The van der Waals surface area contributed by atoms with Gasteiger partial charge in [0.15, 0.2) is 0 Å². The molecule has 0 N–H and O–H groups in total. The van der Waals surface area contributed by atoms with Crippen molar-refractivity contribution in [3.63, 3.8) is 0 Å². The van der Waals surface area contributed by atoms with Crippen molar-refractivity contribution in [2.75, 3.05) is 0 Å². The lowest BCUT2D eigenvalue weighted by molar-refractivity contribution is 0.670. The second-order valence-corrected chi connectivity index (χ2v) is 14.4. The molecule has 0 aliphatic heterocycles. The average Bonchev–Trinajstić information content (AvgIpc) is 3.81. The summed E-state index contributed by atoms with van der Waals surface area (Å²) >= 11 is 0. The van der Waals surface area contributed by atoms with Crippen molar-refractivity contribution < 1.29 is 25.0 Å². The Balaban J connectivity index is 1.16. The Bertz CT molecular complexity index is 4360. The van der Waals surface area contributed by atoms with Crippen molar-refractivity contribution in [2.24, 2.45) is 0 Å². The smallest absolute Gasteiger partial charge is 0.143 e. The lowest BCUT2D eigenvalue weighted by Crippen LogP contribution is -1.92. The Labute approximate surface area is 363 Å². The van der Waals surface area contributed by atoms with E-state index in [-0.39, 0.29) is 51.1 Å². The Kier molecular flexibility index (Phi) is 4.94. The predicted octanol–water partition coefficient (Wildman–Crippen LogP) is 16.5. The summed E-state index contributed by atoms with van der Waals surface area (Å²) in [5, 5.41) is 7.29. The lowest BCUT2D eigenvalue weighted by Gasteiger charge is -2.19. The molecule has 12 aromatic rings. The fourth-order valence-corrected chi connectivity index (χ4v) is 8.83. The third kappa shape index (κ3) is 5.33. The molecule has 1 aromatic heterocycles. The van der Waals surface area contributed by atoms with Crippen LogP contribution in [0.5, 0.6) is 0 Å². The van der Waals surface area contributed by atoms with Crippen LogP contribution in [0.3, 0.4) is 0 Å². The molecule has 0 aliphatic rings. The van der Waals surface area contributed by atoms with Crippen LogP contribution < -0.4 is 0 Å². The monoisotopic (exact) mass is 763 g/mol. The summed E-state index contributed by atoms with van der Waals surface area (Å²) in [6.07, 6.45) is 0. The van der Waals surface area contributed by atoms with Gasteiger partial charge in [-0.2, -0.15) is 0 Å². The highest BCUT2D eigenvalue weighted by atomic mass is 16.3. The number of hydrogen-bond acceptors (Lipinski definition) is 1. The first kappa shape index (κ1) is 21.7. The Hall–Kier alpha value is -7.74. The average molecular weight is 764 g/mol. The predicted molar refractivity (Wildman–Crippen MR) is 251 cm³/mol. The quantitative estimate of drug-likeness (QED) is 0.126. The second kappa shape index (κ2) is 13.4. The number of hydrogen-bond donors (Lipinski definition) is 0. The van der Waals surface area contributed by atoms with Crippen LogP contribution >= 0.6 is 0 Å². The second-order valence-electron chi connectivity index (χ2n) is 14.4. The summed E-state index contributed by atoms with van der Waals surface area (Å²) in [6.45, 7) is 0. The number of para-hydroxylation sites is 1. The molecule has 0 radical (unpaired) electrons. The maximum absolute atomic E-state index is 9.20. The van der Waals surface area contributed by atoms with E-state index in [9.17, 15) is 2.74 Å². The van der Waals surface area contributed by atoms with Crippen LogP contribution in [0.15, 0.2) is 222 Å². The molecule has 1 heterocycles. The van der Waals surface area contributed by atoms with Crippen LogP contribution in [0.1, 0.15) is 20.6 Å².